The molecule has 3 aromatic rings. The van der Waals surface area contributed by atoms with Crippen LogP contribution in [0.1, 0.15) is 0 Å². The molecule has 2 aromatic carbocycles. The van der Waals surface area contributed by atoms with E-state index in [0.29, 0.717) is 24.0 Å². The number of piperazine rings is 1. The standard InChI is InChI=1S/C22H22BrN5O3/c23-16-6-7-19-18(12-16)22(31)28(15-25-19)14-20(29)24-13-21(30)27-10-8-26(9-11-27)17-4-2-1-3-5-17/h1-7,12,15H,8-11,13-14H2,(H,24,29). The first-order chi connectivity index (χ1) is 15.0. The Morgan fingerprint density at radius 3 is 2.52 bits per heavy atom. The van der Waals surface area contributed by atoms with E-state index in [-0.39, 0.29) is 24.6 Å². The number of nitrogens with zero attached hydrogens (tertiary/aromatic N) is 4. The fraction of sp³-hybridized carbons (Fsp3) is 0.273. The molecule has 160 valence electrons. The molecular formula is C22H22BrN5O3. The predicted molar refractivity (Wildman–Crippen MR) is 122 cm³/mol. The third-order valence-electron chi connectivity index (χ3n) is 5.29. The summed E-state index contributed by atoms with van der Waals surface area (Å²) in [5, 5.41) is 3.05. The summed E-state index contributed by atoms with van der Waals surface area (Å²) < 4.78 is 2.01. The zero-order valence-electron chi connectivity index (χ0n) is 16.8. The predicted octanol–water partition coefficient (Wildman–Crippen LogP) is 1.62. The van der Waals surface area contributed by atoms with Gasteiger partial charge in [0.2, 0.25) is 11.8 Å². The average Bonchev–Trinajstić information content (AvgIpc) is 2.80. The molecule has 1 N–H and O–H groups in total. The topological polar surface area (TPSA) is 87.5 Å². The van der Waals surface area contributed by atoms with Crippen LogP contribution in [0.5, 0.6) is 0 Å². The second-order valence-electron chi connectivity index (χ2n) is 7.32. The first-order valence-electron chi connectivity index (χ1n) is 10.0. The molecule has 0 atom stereocenters. The lowest BCUT2D eigenvalue weighted by molar-refractivity contribution is -0.133. The van der Waals surface area contributed by atoms with Crippen LogP contribution in [0, 0.1) is 0 Å². The Kier molecular flexibility index (Phi) is 6.31. The fourth-order valence-electron chi connectivity index (χ4n) is 3.59. The monoisotopic (exact) mass is 483 g/mol. The third-order valence-corrected chi connectivity index (χ3v) is 5.78. The van der Waals surface area contributed by atoms with Gasteiger partial charge in [-0.25, -0.2) is 4.98 Å². The van der Waals surface area contributed by atoms with E-state index < -0.39 is 5.91 Å². The molecule has 8 nitrogen and oxygen atoms in total. The van der Waals surface area contributed by atoms with E-state index >= 15 is 0 Å². The zero-order chi connectivity index (χ0) is 21.8. The minimum atomic E-state index is -0.408. The molecular weight excluding hydrogens is 462 g/mol. The molecule has 2 amide bonds. The van der Waals surface area contributed by atoms with Crippen molar-refractivity contribution in [3.8, 4) is 0 Å². The Morgan fingerprint density at radius 1 is 1.03 bits per heavy atom. The van der Waals surface area contributed by atoms with Crippen molar-refractivity contribution in [3.05, 3.63) is 69.7 Å². The number of fused-ring (bicyclic) bond motifs is 1. The number of rotatable bonds is 5. The van der Waals surface area contributed by atoms with Crippen LogP contribution in [0.3, 0.4) is 0 Å². The molecule has 1 aromatic heterocycles. The van der Waals surface area contributed by atoms with Gasteiger partial charge in [-0.2, -0.15) is 0 Å². The van der Waals surface area contributed by atoms with Crippen LogP contribution in [0.2, 0.25) is 0 Å². The molecule has 0 radical (unpaired) electrons. The van der Waals surface area contributed by atoms with Gasteiger partial charge < -0.3 is 15.1 Å². The maximum atomic E-state index is 12.6. The SMILES string of the molecule is O=C(Cn1cnc2ccc(Br)cc2c1=O)NCC(=O)N1CCN(c2ccccc2)CC1. The number of amides is 2. The lowest BCUT2D eigenvalue weighted by atomic mass is 10.2. The molecule has 1 fully saturated rings. The number of aromatic nitrogens is 2. The van der Waals surface area contributed by atoms with Crippen LogP contribution in [0.4, 0.5) is 5.69 Å². The Morgan fingerprint density at radius 2 is 1.77 bits per heavy atom. The van der Waals surface area contributed by atoms with E-state index in [2.05, 4.69) is 43.3 Å². The molecule has 0 unspecified atom stereocenters. The molecule has 0 spiro atoms. The van der Waals surface area contributed by atoms with E-state index in [1.165, 1.54) is 10.9 Å². The van der Waals surface area contributed by atoms with Crippen molar-refractivity contribution in [2.75, 3.05) is 37.6 Å². The van der Waals surface area contributed by atoms with E-state index in [1.54, 1.807) is 23.1 Å². The zero-order valence-corrected chi connectivity index (χ0v) is 18.4. The van der Waals surface area contributed by atoms with Crippen molar-refractivity contribution in [1.82, 2.24) is 19.8 Å². The van der Waals surface area contributed by atoms with Crippen LogP contribution in [0.25, 0.3) is 10.9 Å². The molecule has 1 aliphatic heterocycles. The summed E-state index contributed by atoms with van der Waals surface area (Å²) in [6.45, 7) is 2.42. The van der Waals surface area contributed by atoms with Gasteiger partial charge in [0.25, 0.3) is 5.56 Å². The first kappa shape index (κ1) is 21.0. The van der Waals surface area contributed by atoms with Gasteiger partial charge in [0.15, 0.2) is 0 Å². The maximum absolute atomic E-state index is 12.6. The fourth-order valence-corrected chi connectivity index (χ4v) is 3.95. The second-order valence-corrected chi connectivity index (χ2v) is 8.23. The van der Waals surface area contributed by atoms with Gasteiger partial charge in [-0.3, -0.25) is 19.0 Å². The van der Waals surface area contributed by atoms with Gasteiger partial charge in [0, 0.05) is 36.3 Å². The number of carbonyl (C=O) groups excluding carboxylic acids is 2. The van der Waals surface area contributed by atoms with E-state index in [4.69, 9.17) is 0 Å². The molecule has 4 rings (SSSR count). The van der Waals surface area contributed by atoms with Gasteiger partial charge in [-0.15, -0.1) is 0 Å². The van der Waals surface area contributed by atoms with Crippen LogP contribution in [0.15, 0.2) is 64.1 Å². The Labute approximate surface area is 187 Å². The quantitative estimate of drug-likeness (QED) is 0.595. The number of nitrogens with one attached hydrogen (secondary N) is 1. The lowest BCUT2D eigenvalue weighted by Crippen LogP contribution is -2.51. The number of para-hydroxylation sites is 1. The van der Waals surface area contributed by atoms with Crippen molar-refractivity contribution >= 4 is 44.3 Å². The second kappa shape index (κ2) is 9.30. The highest BCUT2D eigenvalue weighted by molar-refractivity contribution is 9.10. The minimum Gasteiger partial charge on any atom is -0.368 e. The number of hydrogen-bond acceptors (Lipinski definition) is 5. The number of hydrogen-bond donors (Lipinski definition) is 1. The summed E-state index contributed by atoms with van der Waals surface area (Å²) in [7, 11) is 0. The third kappa shape index (κ3) is 4.93. The smallest absolute Gasteiger partial charge is 0.261 e. The van der Waals surface area contributed by atoms with Gasteiger partial charge in [0.05, 0.1) is 23.8 Å². The van der Waals surface area contributed by atoms with Crippen LogP contribution >= 0.6 is 15.9 Å². The van der Waals surface area contributed by atoms with E-state index in [9.17, 15) is 14.4 Å². The maximum Gasteiger partial charge on any atom is 0.261 e. The highest BCUT2D eigenvalue weighted by atomic mass is 79.9. The van der Waals surface area contributed by atoms with Crippen molar-refractivity contribution in [2.24, 2.45) is 0 Å². The summed E-state index contributed by atoms with van der Waals surface area (Å²) in [5.74, 6) is -0.538. The van der Waals surface area contributed by atoms with Crippen LogP contribution in [-0.4, -0.2) is 59.0 Å². The average molecular weight is 484 g/mol. The molecule has 0 saturated carbocycles. The van der Waals surface area contributed by atoms with Gasteiger partial charge in [0.1, 0.15) is 6.54 Å². The van der Waals surface area contributed by atoms with E-state index in [0.717, 1.165) is 23.2 Å². The van der Waals surface area contributed by atoms with Crippen molar-refractivity contribution in [3.63, 3.8) is 0 Å². The van der Waals surface area contributed by atoms with Crippen LogP contribution < -0.4 is 15.8 Å². The normalized spacial score (nSPS) is 14.0. The van der Waals surface area contributed by atoms with Gasteiger partial charge >= 0.3 is 0 Å². The summed E-state index contributed by atoms with van der Waals surface area (Å²) in [6.07, 6.45) is 1.35. The van der Waals surface area contributed by atoms with Crippen LogP contribution in [-0.2, 0) is 16.1 Å². The Hall–Kier alpha value is -3.20. The highest BCUT2D eigenvalue weighted by Crippen LogP contribution is 2.16. The van der Waals surface area contributed by atoms with E-state index in [1.807, 2.05) is 18.2 Å². The van der Waals surface area contributed by atoms with Gasteiger partial charge in [-0.1, -0.05) is 34.1 Å². The Balaban J connectivity index is 1.29. The molecule has 0 aliphatic carbocycles. The number of benzene rings is 2. The molecule has 1 saturated heterocycles. The largest absolute Gasteiger partial charge is 0.368 e. The lowest BCUT2D eigenvalue weighted by Gasteiger charge is -2.36. The number of anilines is 1. The summed E-state index contributed by atoms with van der Waals surface area (Å²) in [5.41, 5.74) is 1.41. The Bertz CT molecular complexity index is 1160. The summed E-state index contributed by atoms with van der Waals surface area (Å²) >= 11 is 3.34. The minimum absolute atomic E-state index is 0.0918. The van der Waals surface area contributed by atoms with Crippen molar-refractivity contribution in [2.45, 2.75) is 6.54 Å². The summed E-state index contributed by atoms with van der Waals surface area (Å²) in [6, 6.07) is 15.3. The molecule has 0 bridgehead atoms. The van der Waals surface area contributed by atoms with Crippen molar-refractivity contribution < 1.29 is 9.59 Å². The molecule has 9 heteroatoms. The van der Waals surface area contributed by atoms with Gasteiger partial charge in [-0.05, 0) is 30.3 Å². The number of halogens is 1. The number of carbonyl (C=O) groups is 2. The molecule has 31 heavy (non-hydrogen) atoms. The van der Waals surface area contributed by atoms with Crippen molar-refractivity contribution in [1.29, 1.82) is 0 Å². The first-order valence-corrected chi connectivity index (χ1v) is 10.8. The summed E-state index contributed by atoms with van der Waals surface area (Å²) in [4.78, 5) is 45.6. The molecule has 2 heterocycles. The molecule has 1 aliphatic rings. The highest BCUT2D eigenvalue weighted by Gasteiger charge is 2.21.